The third-order valence-electron chi connectivity index (χ3n) is 3.83. The average Bonchev–Trinajstić information content (AvgIpc) is 2.32. The predicted molar refractivity (Wildman–Crippen MR) is 77.2 cm³/mol. The Morgan fingerprint density at radius 3 is 2.40 bits per heavy atom. The smallest absolute Gasteiger partial charge is 0.325 e. The number of carbonyl (C=O) groups excluding carboxylic acids is 1. The lowest BCUT2D eigenvalue weighted by Crippen LogP contribution is -2.53. The first-order valence-electron chi connectivity index (χ1n) is 6.36. The fraction of sp³-hybridized carbons (Fsp3) is 0.429. The van der Waals surface area contributed by atoms with Gasteiger partial charge < -0.3 is 10.4 Å². The van der Waals surface area contributed by atoms with Crippen LogP contribution in [0.15, 0.2) is 18.2 Å². The summed E-state index contributed by atoms with van der Waals surface area (Å²) in [6.07, 6.45) is 2.29. The first-order chi connectivity index (χ1) is 9.36. The lowest BCUT2D eigenvalue weighted by atomic mass is 9.63. The van der Waals surface area contributed by atoms with Crippen LogP contribution in [0.2, 0.25) is 10.0 Å². The molecule has 1 fully saturated rings. The zero-order chi connectivity index (χ0) is 14.9. The van der Waals surface area contributed by atoms with Crippen LogP contribution in [-0.2, 0) is 15.0 Å². The first-order valence-corrected chi connectivity index (χ1v) is 7.12. The SMILES string of the molecule is CC(NC(=O)C1(c2ccc(Cl)c(Cl)c2)CCC1)C(=O)O. The Balaban J connectivity index is 2.27. The van der Waals surface area contributed by atoms with Gasteiger partial charge in [-0.1, -0.05) is 35.7 Å². The lowest BCUT2D eigenvalue weighted by molar-refractivity contribution is -0.143. The molecule has 1 aliphatic rings. The van der Waals surface area contributed by atoms with Crippen molar-refractivity contribution in [2.45, 2.75) is 37.6 Å². The molecule has 0 aliphatic heterocycles. The van der Waals surface area contributed by atoms with Gasteiger partial charge in [-0.05, 0) is 37.5 Å². The quantitative estimate of drug-likeness (QED) is 0.897. The van der Waals surface area contributed by atoms with E-state index in [4.69, 9.17) is 28.3 Å². The van der Waals surface area contributed by atoms with Crippen molar-refractivity contribution in [3.8, 4) is 0 Å². The van der Waals surface area contributed by atoms with Crippen molar-refractivity contribution in [2.75, 3.05) is 0 Å². The second kappa shape index (κ2) is 5.62. The second-order valence-electron chi connectivity index (χ2n) is 5.10. The van der Waals surface area contributed by atoms with Gasteiger partial charge in [0.2, 0.25) is 5.91 Å². The Morgan fingerprint density at radius 2 is 1.95 bits per heavy atom. The Bertz CT molecular complexity index is 555. The van der Waals surface area contributed by atoms with E-state index in [9.17, 15) is 9.59 Å². The molecule has 1 unspecified atom stereocenters. The zero-order valence-electron chi connectivity index (χ0n) is 11.0. The topological polar surface area (TPSA) is 66.4 Å². The van der Waals surface area contributed by atoms with Gasteiger partial charge in [-0.15, -0.1) is 0 Å². The van der Waals surface area contributed by atoms with Crippen LogP contribution in [0.5, 0.6) is 0 Å². The number of hydrogen-bond acceptors (Lipinski definition) is 2. The summed E-state index contributed by atoms with van der Waals surface area (Å²) in [4.78, 5) is 23.3. The van der Waals surface area contributed by atoms with Gasteiger partial charge in [-0.3, -0.25) is 9.59 Å². The number of benzene rings is 1. The van der Waals surface area contributed by atoms with Crippen LogP contribution < -0.4 is 5.32 Å². The molecule has 2 rings (SSSR count). The average molecular weight is 316 g/mol. The second-order valence-corrected chi connectivity index (χ2v) is 5.91. The number of amides is 1. The molecule has 1 amide bonds. The van der Waals surface area contributed by atoms with E-state index in [-0.39, 0.29) is 5.91 Å². The fourth-order valence-electron chi connectivity index (χ4n) is 2.37. The minimum atomic E-state index is -1.05. The molecule has 2 N–H and O–H groups in total. The van der Waals surface area contributed by atoms with Crippen molar-refractivity contribution in [3.05, 3.63) is 33.8 Å². The number of nitrogens with one attached hydrogen (secondary N) is 1. The third-order valence-corrected chi connectivity index (χ3v) is 4.57. The molecule has 6 heteroatoms. The van der Waals surface area contributed by atoms with Crippen LogP contribution in [-0.4, -0.2) is 23.0 Å². The summed E-state index contributed by atoms with van der Waals surface area (Å²) in [5, 5.41) is 12.3. The molecule has 4 nitrogen and oxygen atoms in total. The molecule has 0 bridgehead atoms. The van der Waals surface area contributed by atoms with Gasteiger partial charge in [0.15, 0.2) is 0 Å². The normalized spacial score (nSPS) is 17.9. The molecule has 0 heterocycles. The zero-order valence-corrected chi connectivity index (χ0v) is 12.5. The van der Waals surface area contributed by atoms with Gasteiger partial charge in [-0.2, -0.15) is 0 Å². The van der Waals surface area contributed by atoms with Gasteiger partial charge in [0, 0.05) is 0 Å². The van der Waals surface area contributed by atoms with Gasteiger partial charge in [-0.25, -0.2) is 0 Å². The van der Waals surface area contributed by atoms with Crippen LogP contribution in [0.4, 0.5) is 0 Å². The van der Waals surface area contributed by atoms with Crippen molar-refractivity contribution in [1.29, 1.82) is 0 Å². The monoisotopic (exact) mass is 315 g/mol. The van der Waals surface area contributed by atoms with Crippen LogP contribution in [0, 0.1) is 0 Å². The van der Waals surface area contributed by atoms with Gasteiger partial charge in [0.1, 0.15) is 6.04 Å². The summed E-state index contributed by atoms with van der Waals surface area (Å²) in [7, 11) is 0. The highest BCUT2D eigenvalue weighted by Gasteiger charge is 2.46. The van der Waals surface area contributed by atoms with E-state index >= 15 is 0 Å². The van der Waals surface area contributed by atoms with Gasteiger partial charge in [0.25, 0.3) is 0 Å². The summed E-state index contributed by atoms with van der Waals surface area (Å²) in [6, 6.07) is 4.21. The van der Waals surface area contributed by atoms with Crippen molar-refractivity contribution >= 4 is 35.1 Å². The summed E-state index contributed by atoms with van der Waals surface area (Å²) < 4.78 is 0. The van der Waals surface area contributed by atoms with E-state index in [1.165, 1.54) is 6.92 Å². The van der Waals surface area contributed by atoms with E-state index < -0.39 is 17.4 Å². The first kappa shape index (κ1) is 15.1. The minimum absolute atomic E-state index is 0.267. The van der Waals surface area contributed by atoms with E-state index in [2.05, 4.69) is 5.32 Å². The van der Waals surface area contributed by atoms with Crippen molar-refractivity contribution in [2.24, 2.45) is 0 Å². The van der Waals surface area contributed by atoms with Crippen molar-refractivity contribution in [3.63, 3.8) is 0 Å². The summed E-state index contributed by atoms with van der Waals surface area (Å²) in [5.74, 6) is -1.32. The Hall–Kier alpha value is -1.26. The maximum absolute atomic E-state index is 12.4. The highest BCUT2D eigenvalue weighted by Crippen LogP contribution is 2.45. The molecule has 0 radical (unpaired) electrons. The molecule has 20 heavy (non-hydrogen) atoms. The van der Waals surface area contributed by atoms with Crippen molar-refractivity contribution in [1.82, 2.24) is 5.32 Å². The number of aliphatic carboxylic acids is 1. The molecule has 1 saturated carbocycles. The molecule has 108 valence electrons. The van der Waals surface area contributed by atoms with Crippen LogP contribution in [0.3, 0.4) is 0 Å². The summed E-state index contributed by atoms with van der Waals surface area (Å²) in [6.45, 7) is 1.45. The highest BCUT2D eigenvalue weighted by molar-refractivity contribution is 6.42. The molecule has 1 aromatic carbocycles. The Morgan fingerprint density at radius 1 is 1.30 bits per heavy atom. The minimum Gasteiger partial charge on any atom is -0.480 e. The van der Waals surface area contributed by atoms with Crippen molar-refractivity contribution < 1.29 is 14.7 Å². The number of carboxylic acid groups (broad SMARTS) is 1. The van der Waals surface area contributed by atoms with E-state index in [0.29, 0.717) is 22.9 Å². The molecular formula is C14H15Cl2NO3. The molecule has 0 saturated heterocycles. The van der Waals surface area contributed by atoms with E-state index in [1.54, 1.807) is 18.2 Å². The fourth-order valence-corrected chi connectivity index (χ4v) is 2.67. The Kier molecular flexibility index (Phi) is 4.25. The van der Waals surface area contributed by atoms with Crippen LogP contribution in [0.25, 0.3) is 0 Å². The highest BCUT2D eigenvalue weighted by atomic mass is 35.5. The van der Waals surface area contributed by atoms with Gasteiger partial charge >= 0.3 is 5.97 Å². The van der Waals surface area contributed by atoms with E-state index in [1.807, 2.05) is 0 Å². The lowest BCUT2D eigenvalue weighted by Gasteiger charge is -2.41. The summed E-state index contributed by atoms with van der Waals surface area (Å²) in [5.41, 5.74) is 0.103. The third kappa shape index (κ3) is 2.63. The largest absolute Gasteiger partial charge is 0.480 e. The molecule has 1 aromatic rings. The van der Waals surface area contributed by atoms with Gasteiger partial charge in [0.05, 0.1) is 15.5 Å². The maximum Gasteiger partial charge on any atom is 0.325 e. The molecule has 1 atom stereocenters. The van der Waals surface area contributed by atoms with Crippen LogP contribution >= 0.6 is 23.2 Å². The van der Waals surface area contributed by atoms with E-state index in [0.717, 1.165) is 12.0 Å². The standard InChI is InChI=1S/C14H15Cl2NO3/c1-8(12(18)19)17-13(20)14(5-2-6-14)9-3-4-10(15)11(16)7-9/h3-4,7-8H,2,5-6H2,1H3,(H,17,20)(H,18,19). The number of rotatable bonds is 4. The predicted octanol–water partition coefficient (Wildman–Crippen LogP) is 3.00. The number of carboxylic acids is 1. The van der Waals surface area contributed by atoms with Crippen LogP contribution in [0.1, 0.15) is 31.7 Å². The molecule has 0 spiro atoms. The maximum atomic E-state index is 12.4. The summed E-state index contributed by atoms with van der Waals surface area (Å²) >= 11 is 11.9. The number of hydrogen-bond donors (Lipinski definition) is 2. The molecule has 0 aromatic heterocycles. The molecular weight excluding hydrogens is 301 g/mol. The number of carbonyl (C=O) groups is 2. The Labute approximate surface area is 127 Å². The number of halogens is 2. The molecule has 1 aliphatic carbocycles.